The summed E-state index contributed by atoms with van der Waals surface area (Å²) in [5.74, 6) is -3.99. The Morgan fingerprint density at radius 2 is 1.29 bits per heavy atom. The number of halogens is 4. The van der Waals surface area contributed by atoms with E-state index < -0.39 is 29.2 Å². The molecule has 0 saturated carbocycles. The second-order valence-electron chi connectivity index (χ2n) is 10.8. The summed E-state index contributed by atoms with van der Waals surface area (Å²) < 4.78 is 71.5. The topological polar surface area (TPSA) is 18.5 Å². The zero-order valence-corrected chi connectivity index (χ0v) is 24.0. The summed E-state index contributed by atoms with van der Waals surface area (Å²) in [4.78, 5) is 0. The van der Waals surface area contributed by atoms with Gasteiger partial charge in [0, 0.05) is 23.5 Å². The first kappa shape index (κ1) is 31.0. The molecule has 0 bridgehead atoms. The van der Waals surface area contributed by atoms with Crippen LogP contribution in [0.15, 0.2) is 60.7 Å². The summed E-state index contributed by atoms with van der Waals surface area (Å²) in [7, 11) is 0. The van der Waals surface area contributed by atoms with Gasteiger partial charge in [0.15, 0.2) is 29.6 Å². The molecule has 0 aromatic heterocycles. The fourth-order valence-electron chi connectivity index (χ4n) is 5.32. The van der Waals surface area contributed by atoms with E-state index in [4.69, 9.17) is 9.47 Å². The normalized spacial score (nSPS) is 17.4. The predicted octanol–water partition coefficient (Wildman–Crippen LogP) is 10.3. The molecular weight excluding hydrogens is 528 g/mol. The number of ether oxygens (including phenoxy) is 2. The minimum atomic E-state index is -0.957. The summed E-state index contributed by atoms with van der Waals surface area (Å²) in [6.45, 7) is 4.62. The van der Waals surface area contributed by atoms with Crippen LogP contribution in [0.3, 0.4) is 0 Å². The zero-order chi connectivity index (χ0) is 29.2. The summed E-state index contributed by atoms with van der Waals surface area (Å²) in [5, 5.41) is 0. The number of hydrogen-bond acceptors (Lipinski definition) is 2. The van der Waals surface area contributed by atoms with Gasteiger partial charge in [-0.05, 0) is 48.4 Å². The first-order valence-corrected chi connectivity index (χ1v) is 14.8. The maximum atomic E-state index is 15.2. The van der Waals surface area contributed by atoms with Gasteiger partial charge in [0.25, 0.3) is 0 Å². The molecule has 0 unspecified atom stereocenters. The highest BCUT2D eigenvalue weighted by molar-refractivity contribution is 5.71. The average molecular weight is 569 g/mol. The molecule has 2 nitrogen and oxygen atoms in total. The van der Waals surface area contributed by atoms with Crippen LogP contribution in [0.25, 0.3) is 22.3 Å². The van der Waals surface area contributed by atoms with Gasteiger partial charge in [-0.2, -0.15) is 0 Å². The van der Waals surface area contributed by atoms with Gasteiger partial charge in [0.2, 0.25) is 0 Å². The molecule has 1 aliphatic rings. The molecule has 0 aliphatic carbocycles. The van der Waals surface area contributed by atoms with Crippen LogP contribution in [0.4, 0.5) is 17.6 Å². The third-order valence-electron chi connectivity index (χ3n) is 7.79. The molecule has 1 heterocycles. The highest BCUT2D eigenvalue weighted by Gasteiger charge is 2.27. The molecule has 41 heavy (non-hydrogen) atoms. The lowest BCUT2D eigenvalue weighted by Gasteiger charge is -2.30. The molecular formula is C35H40F4O2. The monoisotopic (exact) mass is 568 g/mol. The van der Waals surface area contributed by atoms with Crippen LogP contribution in [-0.2, 0) is 15.9 Å². The summed E-state index contributed by atoms with van der Waals surface area (Å²) in [6.07, 6.45) is 12.2. The molecule has 0 radical (unpaired) electrons. The second kappa shape index (κ2) is 15.3. The average Bonchev–Trinajstić information content (AvgIpc) is 2.99. The minimum Gasteiger partial charge on any atom is -0.352 e. The van der Waals surface area contributed by atoms with Crippen LogP contribution in [0.2, 0.25) is 0 Å². The maximum Gasteiger partial charge on any atom is 0.166 e. The molecule has 1 aliphatic heterocycles. The summed E-state index contributed by atoms with van der Waals surface area (Å²) in [5.41, 5.74) is 1.75. The SMILES string of the molecule is CC=CCCC1OCC(c2ccc(-c3ccc(-c4ccc(CCCCCCCC)c(F)c4F)cc3)c(F)c2F)CO1. The Labute approximate surface area is 241 Å². The molecule has 1 saturated heterocycles. The van der Waals surface area contributed by atoms with Crippen LogP contribution < -0.4 is 0 Å². The maximum absolute atomic E-state index is 15.2. The summed E-state index contributed by atoms with van der Waals surface area (Å²) >= 11 is 0. The van der Waals surface area contributed by atoms with Gasteiger partial charge in [-0.15, -0.1) is 0 Å². The van der Waals surface area contributed by atoms with E-state index in [-0.39, 0.29) is 36.2 Å². The van der Waals surface area contributed by atoms with Crippen molar-refractivity contribution in [2.75, 3.05) is 13.2 Å². The summed E-state index contributed by atoms with van der Waals surface area (Å²) in [6, 6.07) is 12.7. The van der Waals surface area contributed by atoms with Gasteiger partial charge in [-0.25, -0.2) is 17.6 Å². The van der Waals surface area contributed by atoms with Crippen molar-refractivity contribution in [2.24, 2.45) is 0 Å². The Morgan fingerprint density at radius 1 is 0.707 bits per heavy atom. The molecule has 3 aromatic rings. The molecule has 0 atom stereocenters. The number of hydrogen-bond donors (Lipinski definition) is 0. The molecule has 0 N–H and O–H groups in total. The third-order valence-corrected chi connectivity index (χ3v) is 7.79. The molecule has 4 rings (SSSR count). The van der Waals surface area contributed by atoms with E-state index in [0.29, 0.717) is 29.5 Å². The number of aryl methyl sites for hydroxylation is 1. The van der Waals surface area contributed by atoms with Gasteiger partial charge in [0.05, 0.1) is 13.2 Å². The van der Waals surface area contributed by atoms with Crippen molar-refractivity contribution in [1.29, 1.82) is 0 Å². The van der Waals surface area contributed by atoms with E-state index in [2.05, 4.69) is 6.92 Å². The Balaban J connectivity index is 1.41. The van der Waals surface area contributed by atoms with E-state index in [1.807, 2.05) is 19.1 Å². The van der Waals surface area contributed by atoms with E-state index >= 15 is 8.78 Å². The van der Waals surface area contributed by atoms with Crippen LogP contribution in [0.1, 0.15) is 82.3 Å². The first-order valence-electron chi connectivity index (χ1n) is 14.8. The fourth-order valence-corrected chi connectivity index (χ4v) is 5.32. The van der Waals surface area contributed by atoms with Gasteiger partial charge < -0.3 is 9.47 Å². The van der Waals surface area contributed by atoms with Gasteiger partial charge in [0.1, 0.15) is 0 Å². The van der Waals surface area contributed by atoms with Crippen molar-refractivity contribution in [3.05, 3.63) is 95.1 Å². The predicted molar refractivity (Wildman–Crippen MR) is 157 cm³/mol. The van der Waals surface area contributed by atoms with E-state index in [0.717, 1.165) is 25.7 Å². The van der Waals surface area contributed by atoms with Crippen LogP contribution in [-0.4, -0.2) is 19.5 Å². The smallest absolute Gasteiger partial charge is 0.166 e. The van der Waals surface area contributed by atoms with Crippen LogP contribution in [0.5, 0.6) is 0 Å². The van der Waals surface area contributed by atoms with Gasteiger partial charge >= 0.3 is 0 Å². The highest BCUT2D eigenvalue weighted by Crippen LogP contribution is 2.34. The molecule has 6 heteroatoms. The number of allylic oxidation sites excluding steroid dienone is 2. The third kappa shape index (κ3) is 7.87. The number of rotatable bonds is 13. The minimum absolute atomic E-state index is 0.0978. The lowest BCUT2D eigenvalue weighted by atomic mass is 9.94. The van der Waals surface area contributed by atoms with E-state index in [1.165, 1.54) is 25.3 Å². The fraction of sp³-hybridized carbons (Fsp3) is 0.429. The Bertz CT molecular complexity index is 1290. The highest BCUT2D eigenvalue weighted by atomic mass is 19.2. The van der Waals surface area contributed by atoms with Crippen molar-refractivity contribution >= 4 is 0 Å². The van der Waals surface area contributed by atoms with Gasteiger partial charge in [-0.3, -0.25) is 0 Å². The Morgan fingerprint density at radius 3 is 1.93 bits per heavy atom. The molecule has 0 amide bonds. The van der Waals surface area contributed by atoms with Crippen molar-refractivity contribution < 1.29 is 27.0 Å². The number of benzene rings is 3. The molecule has 1 fully saturated rings. The van der Waals surface area contributed by atoms with Crippen molar-refractivity contribution in [1.82, 2.24) is 0 Å². The largest absolute Gasteiger partial charge is 0.352 e. The second-order valence-corrected chi connectivity index (χ2v) is 10.8. The van der Waals surface area contributed by atoms with Crippen molar-refractivity contribution in [3.8, 4) is 22.3 Å². The molecule has 3 aromatic carbocycles. The van der Waals surface area contributed by atoms with Crippen LogP contribution >= 0.6 is 0 Å². The zero-order valence-electron chi connectivity index (χ0n) is 24.0. The molecule has 220 valence electrons. The molecule has 0 spiro atoms. The van der Waals surface area contributed by atoms with Crippen LogP contribution in [0, 0.1) is 23.3 Å². The van der Waals surface area contributed by atoms with E-state index in [1.54, 1.807) is 42.5 Å². The first-order chi connectivity index (χ1) is 19.9. The lowest BCUT2D eigenvalue weighted by Crippen LogP contribution is -2.31. The Kier molecular flexibility index (Phi) is 11.6. The Hall–Kier alpha value is -2.96. The van der Waals surface area contributed by atoms with Crippen molar-refractivity contribution in [2.45, 2.75) is 83.8 Å². The quantitative estimate of drug-likeness (QED) is 0.116. The van der Waals surface area contributed by atoms with Gasteiger partial charge in [-0.1, -0.05) is 99.7 Å². The number of unbranched alkanes of at least 4 members (excludes halogenated alkanes) is 5. The van der Waals surface area contributed by atoms with E-state index in [9.17, 15) is 8.78 Å². The standard InChI is InChI=1S/C35H40F4O2/c1-3-5-7-8-9-11-12-26-18-19-28(33(37)32(26)36)24-14-16-25(17-15-24)29-20-21-30(35(39)34(29)38)27-22-40-31(41-23-27)13-10-6-4-2/h4,6,14-21,27,31H,3,5,7-13,22-23H2,1-2H3. The van der Waals surface area contributed by atoms with Crippen molar-refractivity contribution in [3.63, 3.8) is 0 Å². The lowest BCUT2D eigenvalue weighted by molar-refractivity contribution is -0.189.